The van der Waals surface area contributed by atoms with E-state index in [2.05, 4.69) is 48.6 Å². The highest BCUT2D eigenvalue weighted by atomic mass is 16.5. The van der Waals surface area contributed by atoms with E-state index in [-0.39, 0.29) is 23.4 Å². The third-order valence-corrected chi connectivity index (χ3v) is 6.56. The molecular weight excluding hydrogens is 388 g/mol. The lowest BCUT2D eigenvalue weighted by molar-refractivity contribution is -0.116. The zero-order valence-corrected chi connectivity index (χ0v) is 18.0. The number of allylic oxidation sites excluding steroid dienone is 2. The average Bonchev–Trinajstić information content (AvgIpc) is 3.13. The number of carbonyl (C=O) groups excluding carboxylic acids is 1. The SMILES string of the molecule is Cc1noc2c1C(c1ccc(C(C)C)cc1)C1=C(CC(c3ccc(O)cc3)CC1=O)N2. The van der Waals surface area contributed by atoms with Gasteiger partial charge in [0.2, 0.25) is 5.88 Å². The second-order valence-electron chi connectivity index (χ2n) is 8.90. The minimum absolute atomic E-state index is 0.0638. The van der Waals surface area contributed by atoms with Crippen LogP contribution in [0.2, 0.25) is 0 Å². The van der Waals surface area contributed by atoms with Crippen LogP contribution in [0.15, 0.2) is 64.3 Å². The Morgan fingerprint density at radius 2 is 1.71 bits per heavy atom. The topological polar surface area (TPSA) is 75.4 Å². The number of hydrogen-bond acceptors (Lipinski definition) is 5. The summed E-state index contributed by atoms with van der Waals surface area (Å²) >= 11 is 0. The summed E-state index contributed by atoms with van der Waals surface area (Å²) in [6.07, 6.45) is 1.16. The smallest absolute Gasteiger partial charge is 0.233 e. The van der Waals surface area contributed by atoms with Crippen molar-refractivity contribution in [1.29, 1.82) is 0 Å². The van der Waals surface area contributed by atoms with E-state index in [0.29, 0.717) is 24.6 Å². The van der Waals surface area contributed by atoms with Gasteiger partial charge in [0.15, 0.2) is 5.78 Å². The molecule has 3 aromatic rings. The van der Waals surface area contributed by atoms with Crippen LogP contribution in [0.4, 0.5) is 5.88 Å². The van der Waals surface area contributed by atoms with E-state index in [0.717, 1.165) is 33.7 Å². The van der Waals surface area contributed by atoms with Gasteiger partial charge in [-0.1, -0.05) is 55.4 Å². The van der Waals surface area contributed by atoms with Crippen molar-refractivity contribution in [3.05, 3.63) is 87.7 Å². The number of Topliss-reactive ketones (excluding diaryl/α,β-unsaturated/α-hetero) is 1. The Kier molecular flexibility index (Phi) is 4.69. The van der Waals surface area contributed by atoms with Crippen molar-refractivity contribution < 1.29 is 14.4 Å². The van der Waals surface area contributed by atoms with Crippen molar-refractivity contribution in [2.45, 2.75) is 51.4 Å². The number of aromatic nitrogens is 1. The number of fused-ring (bicyclic) bond motifs is 1. The Labute approximate surface area is 181 Å². The van der Waals surface area contributed by atoms with E-state index >= 15 is 0 Å². The van der Waals surface area contributed by atoms with E-state index in [9.17, 15) is 9.90 Å². The summed E-state index contributed by atoms with van der Waals surface area (Å²) in [5.74, 6) is 1.35. The molecule has 0 saturated carbocycles. The van der Waals surface area contributed by atoms with Gasteiger partial charge < -0.3 is 14.9 Å². The molecule has 2 atom stereocenters. The molecule has 31 heavy (non-hydrogen) atoms. The van der Waals surface area contributed by atoms with Crippen LogP contribution in [0, 0.1) is 6.92 Å². The van der Waals surface area contributed by atoms with Crippen LogP contribution in [0.25, 0.3) is 0 Å². The number of benzene rings is 2. The fourth-order valence-corrected chi connectivity index (χ4v) is 4.86. The number of phenols is 1. The zero-order valence-electron chi connectivity index (χ0n) is 18.0. The maximum Gasteiger partial charge on any atom is 0.233 e. The molecule has 2 aromatic carbocycles. The predicted molar refractivity (Wildman–Crippen MR) is 119 cm³/mol. The average molecular weight is 415 g/mol. The highest BCUT2D eigenvalue weighted by Gasteiger charge is 2.41. The standard InChI is InChI=1S/C26H26N2O3/c1-14(2)16-4-6-18(7-5-16)24-23-15(3)28-31-26(23)27-21-12-19(13-22(30)25(21)24)17-8-10-20(29)11-9-17/h4-11,14,19,24,27,29H,12-13H2,1-3H3. The number of ketones is 1. The molecule has 0 amide bonds. The Balaban J connectivity index is 1.58. The van der Waals surface area contributed by atoms with E-state index in [1.165, 1.54) is 5.56 Å². The molecule has 5 rings (SSSR count). The second kappa shape index (κ2) is 7.41. The summed E-state index contributed by atoms with van der Waals surface area (Å²) in [6.45, 7) is 6.28. The molecule has 0 bridgehead atoms. The van der Waals surface area contributed by atoms with Gasteiger partial charge in [-0.2, -0.15) is 0 Å². The van der Waals surface area contributed by atoms with Crippen molar-refractivity contribution in [1.82, 2.24) is 5.16 Å². The molecule has 1 aliphatic heterocycles. The zero-order chi connectivity index (χ0) is 21.7. The van der Waals surface area contributed by atoms with E-state index in [1.54, 1.807) is 12.1 Å². The van der Waals surface area contributed by atoms with Crippen molar-refractivity contribution in [2.24, 2.45) is 0 Å². The maximum absolute atomic E-state index is 13.5. The first-order valence-corrected chi connectivity index (χ1v) is 10.8. The van der Waals surface area contributed by atoms with Crippen LogP contribution in [0.5, 0.6) is 5.75 Å². The quantitative estimate of drug-likeness (QED) is 0.569. The van der Waals surface area contributed by atoms with Gasteiger partial charge in [-0.15, -0.1) is 0 Å². The molecule has 0 fully saturated rings. The number of phenolic OH excluding ortho intramolecular Hbond substituents is 1. The molecule has 1 aliphatic carbocycles. The third kappa shape index (κ3) is 3.34. The van der Waals surface area contributed by atoms with Gasteiger partial charge in [-0.25, -0.2) is 0 Å². The van der Waals surface area contributed by atoms with Crippen molar-refractivity contribution in [2.75, 3.05) is 5.32 Å². The molecule has 2 unspecified atom stereocenters. The molecule has 0 saturated heterocycles. The van der Waals surface area contributed by atoms with Crippen LogP contribution in [-0.2, 0) is 4.79 Å². The number of rotatable bonds is 3. The second-order valence-corrected chi connectivity index (χ2v) is 8.90. The third-order valence-electron chi connectivity index (χ3n) is 6.56. The first-order chi connectivity index (χ1) is 14.9. The van der Waals surface area contributed by atoms with Gasteiger partial charge in [0.1, 0.15) is 5.75 Å². The van der Waals surface area contributed by atoms with Crippen LogP contribution >= 0.6 is 0 Å². The lowest BCUT2D eigenvalue weighted by Gasteiger charge is -2.34. The predicted octanol–water partition coefficient (Wildman–Crippen LogP) is 5.77. The van der Waals surface area contributed by atoms with Crippen molar-refractivity contribution >= 4 is 11.7 Å². The Morgan fingerprint density at radius 3 is 2.39 bits per heavy atom. The Hall–Kier alpha value is -3.34. The summed E-state index contributed by atoms with van der Waals surface area (Å²) < 4.78 is 5.60. The number of nitrogens with zero attached hydrogens (tertiary/aromatic N) is 1. The van der Waals surface area contributed by atoms with E-state index < -0.39 is 0 Å². The molecule has 0 spiro atoms. The first-order valence-electron chi connectivity index (χ1n) is 10.8. The molecule has 5 nitrogen and oxygen atoms in total. The summed E-state index contributed by atoms with van der Waals surface area (Å²) in [6, 6.07) is 15.7. The van der Waals surface area contributed by atoms with Crippen LogP contribution < -0.4 is 5.32 Å². The number of aryl methyl sites for hydroxylation is 1. The minimum Gasteiger partial charge on any atom is -0.508 e. The molecule has 2 N–H and O–H groups in total. The van der Waals surface area contributed by atoms with Gasteiger partial charge >= 0.3 is 0 Å². The molecule has 158 valence electrons. The first kappa shape index (κ1) is 19.6. The fourth-order valence-electron chi connectivity index (χ4n) is 4.86. The number of aromatic hydroxyl groups is 1. The normalized spacial score (nSPS) is 20.5. The van der Waals surface area contributed by atoms with Crippen LogP contribution in [0.1, 0.15) is 72.4 Å². The molecular formula is C26H26N2O3. The molecule has 2 aliphatic rings. The van der Waals surface area contributed by atoms with Crippen LogP contribution in [0.3, 0.4) is 0 Å². The molecule has 2 heterocycles. The van der Waals surface area contributed by atoms with Gasteiger partial charge in [0.25, 0.3) is 0 Å². The monoisotopic (exact) mass is 414 g/mol. The van der Waals surface area contributed by atoms with Gasteiger partial charge in [-0.05, 0) is 54.0 Å². The summed E-state index contributed by atoms with van der Waals surface area (Å²) in [5.41, 5.74) is 6.91. The summed E-state index contributed by atoms with van der Waals surface area (Å²) in [4.78, 5) is 13.5. The van der Waals surface area contributed by atoms with Crippen molar-refractivity contribution in [3.8, 4) is 5.75 Å². The van der Waals surface area contributed by atoms with Crippen molar-refractivity contribution in [3.63, 3.8) is 0 Å². The lowest BCUT2D eigenvalue weighted by atomic mass is 9.72. The molecule has 0 radical (unpaired) electrons. The minimum atomic E-state index is -0.174. The number of nitrogens with one attached hydrogen (secondary N) is 1. The molecule has 5 heteroatoms. The summed E-state index contributed by atoms with van der Waals surface area (Å²) in [7, 11) is 0. The highest BCUT2D eigenvalue weighted by molar-refractivity contribution is 6.01. The largest absolute Gasteiger partial charge is 0.508 e. The number of anilines is 1. The van der Waals surface area contributed by atoms with E-state index in [4.69, 9.17) is 4.52 Å². The maximum atomic E-state index is 13.5. The number of hydrogen-bond donors (Lipinski definition) is 2. The van der Waals surface area contributed by atoms with E-state index in [1.807, 2.05) is 19.1 Å². The van der Waals surface area contributed by atoms with Gasteiger partial charge in [0, 0.05) is 23.6 Å². The molecule has 1 aromatic heterocycles. The van der Waals surface area contributed by atoms with Gasteiger partial charge in [0.05, 0.1) is 11.3 Å². The lowest BCUT2D eigenvalue weighted by Crippen LogP contribution is -2.29. The fraction of sp³-hybridized carbons (Fsp3) is 0.308. The van der Waals surface area contributed by atoms with Gasteiger partial charge in [-0.3, -0.25) is 4.79 Å². The number of carbonyl (C=O) groups is 1. The Morgan fingerprint density at radius 1 is 1.03 bits per heavy atom. The Bertz CT molecular complexity index is 1170. The summed E-state index contributed by atoms with van der Waals surface area (Å²) in [5, 5.41) is 17.2. The van der Waals surface area contributed by atoms with Crippen LogP contribution in [-0.4, -0.2) is 16.0 Å². The highest BCUT2D eigenvalue weighted by Crippen LogP contribution is 2.49.